The van der Waals surface area contributed by atoms with Gasteiger partial charge in [0.2, 0.25) is 0 Å². The van der Waals surface area contributed by atoms with Gasteiger partial charge in [0.15, 0.2) is 0 Å². The number of thiophene rings is 1. The summed E-state index contributed by atoms with van der Waals surface area (Å²) < 4.78 is 5.08. The predicted octanol–water partition coefficient (Wildman–Crippen LogP) is 3.72. The van der Waals surface area contributed by atoms with E-state index in [1.807, 2.05) is 0 Å². The fourth-order valence-electron chi connectivity index (χ4n) is 2.08. The highest BCUT2D eigenvalue weighted by molar-refractivity contribution is 7.15. The lowest BCUT2D eigenvalue weighted by atomic mass is 10.1. The molecular weight excluding hydrogens is 244 g/mol. The van der Waals surface area contributed by atoms with Crippen molar-refractivity contribution >= 4 is 22.9 Å². The SMILES string of the molecule is Clc1noc(-c2cc3c(s2)CCCCC3)n1. The van der Waals surface area contributed by atoms with Crippen LogP contribution in [0, 0.1) is 0 Å². The Bertz CT molecular complexity index is 482. The molecule has 3 nitrogen and oxygen atoms in total. The van der Waals surface area contributed by atoms with Crippen LogP contribution in [0.25, 0.3) is 10.8 Å². The number of halogens is 1. The Morgan fingerprint density at radius 2 is 2.12 bits per heavy atom. The van der Waals surface area contributed by atoms with E-state index < -0.39 is 0 Å². The number of nitrogens with zero attached hydrogens (tertiary/aromatic N) is 2. The lowest BCUT2D eigenvalue weighted by molar-refractivity contribution is 0.431. The molecule has 16 heavy (non-hydrogen) atoms. The molecule has 2 heterocycles. The summed E-state index contributed by atoms with van der Waals surface area (Å²) in [5.74, 6) is 0.545. The summed E-state index contributed by atoms with van der Waals surface area (Å²) in [6.45, 7) is 0. The van der Waals surface area contributed by atoms with Crippen LogP contribution in [0.4, 0.5) is 0 Å². The molecule has 1 aliphatic rings. The lowest BCUT2D eigenvalue weighted by Crippen LogP contribution is -1.80. The molecule has 0 saturated carbocycles. The molecule has 0 fully saturated rings. The molecule has 84 valence electrons. The van der Waals surface area contributed by atoms with Crippen molar-refractivity contribution in [3.63, 3.8) is 0 Å². The van der Waals surface area contributed by atoms with Crippen LogP contribution < -0.4 is 0 Å². The summed E-state index contributed by atoms with van der Waals surface area (Å²) in [5.41, 5.74) is 1.45. The highest BCUT2D eigenvalue weighted by Crippen LogP contribution is 2.34. The molecular formula is C11H11ClN2OS. The fraction of sp³-hybridized carbons (Fsp3) is 0.455. The van der Waals surface area contributed by atoms with E-state index in [0.717, 1.165) is 4.88 Å². The fourth-order valence-corrected chi connectivity index (χ4v) is 3.37. The van der Waals surface area contributed by atoms with Crippen molar-refractivity contribution in [3.05, 3.63) is 21.8 Å². The second kappa shape index (κ2) is 4.18. The van der Waals surface area contributed by atoms with E-state index in [-0.39, 0.29) is 5.28 Å². The molecule has 0 spiro atoms. The van der Waals surface area contributed by atoms with Gasteiger partial charge in [-0.1, -0.05) is 6.42 Å². The van der Waals surface area contributed by atoms with Gasteiger partial charge in [-0.3, -0.25) is 0 Å². The number of fused-ring (bicyclic) bond motifs is 1. The number of aryl methyl sites for hydroxylation is 2. The maximum Gasteiger partial charge on any atom is 0.269 e. The second-order valence-corrected chi connectivity index (χ2v) is 5.46. The topological polar surface area (TPSA) is 38.9 Å². The first-order valence-corrected chi connectivity index (χ1v) is 6.63. The molecule has 0 bridgehead atoms. The van der Waals surface area contributed by atoms with Crippen molar-refractivity contribution in [2.45, 2.75) is 32.1 Å². The van der Waals surface area contributed by atoms with Crippen molar-refractivity contribution in [2.24, 2.45) is 0 Å². The largest absolute Gasteiger partial charge is 0.332 e. The molecule has 0 N–H and O–H groups in total. The van der Waals surface area contributed by atoms with E-state index in [1.165, 1.54) is 42.5 Å². The maximum absolute atomic E-state index is 5.65. The first-order chi connectivity index (χ1) is 7.83. The summed E-state index contributed by atoms with van der Waals surface area (Å²) in [6.07, 6.45) is 6.27. The van der Waals surface area contributed by atoms with Gasteiger partial charge in [-0.2, -0.15) is 4.98 Å². The molecule has 1 aliphatic carbocycles. The van der Waals surface area contributed by atoms with Crippen molar-refractivity contribution in [3.8, 4) is 10.8 Å². The van der Waals surface area contributed by atoms with Crippen molar-refractivity contribution in [1.29, 1.82) is 0 Å². The quantitative estimate of drug-likeness (QED) is 0.728. The number of aromatic nitrogens is 2. The molecule has 3 rings (SSSR count). The first kappa shape index (κ1) is 10.3. The minimum absolute atomic E-state index is 0.179. The van der Waals surface area contributed by atoms with E-state index in [1.54, 1.807) is 11.3 Å². The molecule has 0 atom stereocenters. The summed E-state index contributed by atoms with van der Waals surface area (Å²) in [5, 5.41) is 3.78. The zero-order chi connectivity index (χ0) is 11.0. The van der Waals surface area contributed by atoms with Gasteiger partial charge in [-0.25, -0.2) is 0 Å². The van der Waals surface area contributed by atoms with E-state index in [0.29, 0.717) is 5.89 Å². The smallest absolute Gasteiger partial charge is 0.269 e. The average Bonchev–Trinajstić information content (AvgIpc) is 2.81. The van der Waals surface area contributed by atoms with E-state index in [2.05, 4.69) is 16.2 Å². The third kappa shape index (κ3) is 1.87. The Balaban J connectivity index is 1.98. The van der Waals surface area contributed by atoms with Crippen LogP contribution in [-0.2, 0) is 12.8 Å². The van der Waals surface area contributed by atoms with Crippen LogP contribution in [0.15, 0.2) is 10.6 Å². The number of rotatable bonds is 1. The van der Waals surface area contributed by atoms with E-state index in [9.17, 15) is 0 Å². The molecule has 2 aromatic rings. The summed E-state index contributed by atoms with van der Waals surface area (Å²) >= 11 is 7.41. The predicted molar refractivity (Wildman–Crippen MR) is 63.9 cm³/mol. The molecule has 0 saturated heterocycles. The highest BCUT2D eigenvalue weighted by atomic mass is 35.5. The lowest BCUT2D eigenvalue weighted by Gasteiger charge is -1.92. The van der Waals surface area contributed by atoms with Gasteiger partial charge < -0.3 is 4.52 Å². The molecule has 0 aromatic carbocycles. The van der Waals surface area contributed by atoms with Crippen LogP contribution >= 0.6 is 22.9 Å². The Hall–Kier alpha value is -0.870. The second-order valence-electron chi connectivity index (χ2n) is 3.99. The van der Waals surface area contributed by atoms with E-state index >= 15 is 0 Å². The third-order valence-corrected chi connectivity index (χ3v) is 4.24. The van der Waals surface area contributed by atoms with Gasteiger partial charge in [0.25, 0.3) is 11.2 Å². The van der Waals surface area contributed by atoms with Gasteiger partial charge in [-0.05, 0) is 54.1 Å². The van der Waals surface area contributed by atoms with Gasteiger partial charge in [0, 0.05) is 4.88 Å². The van der Waals surface area contributed by atoms with Crippen LogP contribution in [0.2, 0.25) is 5.28 Å². The molecule has 0 radical (unpaired) electrons. The van der Waals surface area contributed by atoms with Crippen LogP contribution in [0.3, 0.4) is 0 Å². The first-order valence-electron chi connectivity index (χ1n) is 5.44. The number of hydrogen-bond acceptors (Lipinski definition) is 4. The van der Waals surface area contributed by atoms with Gasteiger partial charge in [0.05, 0.1) is 4.88 Å². The molecule has 0 aliphatic heterocycles. The zero-order valence-electron chi connectivity index (χ0n) is 8.70. The normalized spacial score (nSPS) is 15.8. The standard InChI is InChI=1S/C11H11ClN2OS/c12-11-13-10(15-14-11)9-6-7-4-2-1-3-5-8(7)16-9/h6H,1-5H2. The molecule has 5 heteroatoms. The van der Waals surface area contributed by atoms with Crippen LogP contribution in [-0.4, -0.2) is 10.1 Å². The third-order valence-electron chi connectivity index (χ3n) is 2.86. The Morgan fingerprint density at radius 3 is 2.94 bits per heavy atom. The Labute approximate surface area is 102 Å². The molecule has 0 unspecified atom stereocenters. The van der Waals surface area contributed by atoms with Crippen molar-refractivity contribution in [1.82, 2.24) is 10.1 Å². The van der Waals surface area contributed by atoms with Gasteiger partial charge >= 0.3 is 0 Å². The Kier molecular flexibility index (Phi) is 2.69. The van der Waals surface area contributed by atoms with Gasteiger partial charge in [-0.15, -0.1) is 11.3 Å². The average molecular weight is 255 g/mol. The van der Waals surface area contributed by atoms with Crippen LogP contribution in [0.1, 0.15) is 29.7 Å². The van der Waals surface area contributed by atoms with Gasteiger partial charge in [0.1, 0.15) is 0 Å². The summed E-state index contributed by atoms with van der Waals surface area (Å²) in [6, 6.07) is 2.18. The monoisotopic (exact) mass is 254 g/mol. The van der Waals surface area contributed by atoms with Crippen LogP contribution in [0.5, 0.6) is 0 Å². The highest BCUT2D eigenvalue weighted by Gasteiger charge is 2.16. The maximum atomic E-state index is 5.65. The number of hydrogen-bond donors (Lipinski definition) is 0. The Morgan fingerprint density at radius 1 is 1.25 bits per heavy atom. The minimum Gasteiger partial charge on any atom is -0.332 e. The van der Waals surface area contributed by atoms with Crippen molar-refractivity contribution < 1.29 is 4.52 Å². The molecule has 2 aromatic heterocycles. The minimum atomic E-state index is 0.179. The summed E-state index contributed by atoms with van der Waals surface area (Å²) in [4.78, 5) is 6.57. The zero-order valence-corrected chi connectivity index (χ0v) is 10.3. The molecule has 0 amide bonds. The summed E-state index contributed by atoms with van der Waals surface area (Å²) in [7, 11) is 0. The van der Waals surface area contributed by atoms with Crippen molar-refractivity contribution in [2.75, 3.05) is 0 Å². The van der Waals surface area contributed by atoms with E-state index in [4.69, 9.17) is 16.1 Å².